The molecule has 0 amide bonds. The van der Waals surface area contributed by atoms with Crippen LogP contribution in [0.5, 0.6) is 0 Å². The monoisotopic (exact) mass is 271 g/mol. The maximum absolute atomic E-state index is 11.6. The van der Waals surface area contributed by atoms with Crippen molar-refractivity contribution in [2.75, 3.05) is 0 Å². The summed E-state index contributed by atoms with van der Waals surface area (Å²) in [6.45, 7) is 0.415. The molecule has 2 aromatic heterocycles. The molecule has 0 aliphatic heterocycles. The minimum atomic E-state index is -1.41. The summed E-state index contributed by atoms with van der Waals surface area (Å²) in [5.74, 6) is -1.21. The van der Waals surface area contributed by atoms with Gasteiger partial charge >= 0.3 is 11.5 Å². The fraction of sp³-hybridized carbons (Fsp3) is 0.0833. The molecule has 1 aromatic carbocycles. The number of hydrogen-bond donors (Lipinski definition) is 1. The number of aromatic nitrogens is 5. The Hall–Kier alpha value is -3.03. The first-order chi connectivity index (χ1) is 9.65. The van der Waals surface area contributed by atoms with Gasteiger partial charge in [0.05, 0.1) is 6.54 Å². The molecule has 1 N–H and O–H groups in total. The van der Waals surface area contributed by atoms with Crippen LogP contribution < -0.4 is 5.56 Å². The zero-order chi connectivity index (χ0) is 14.1. The highest BCUT2D eigenvalue weighted by molar-refractivity contribution is 5.84. The summed E-state index contributed by atoms with van der Waals surface area (Å²) in [4.78, 5) is 26.1. The van der Waals surface area contributed by atoms with Crippen LogP contribution in [0, 0.1) is 0 Å². The lowest BCUT2D eigenvalue weighted by Crippen LogP contribution is -2.23. The van der Waals surface area contributed by atoms with Crippen molar-refractivity contribution >= 4 is 11.7 Å². The normalized spacial score (nSPS) is 10.8. The van der Waals surface area contributed by atoms with Gasteiger partial charge in [-0.2, -0.15) is 19.7 Å². The second-order valence-electron chi connectivity index (χ2n) is 4.09. The first-order valence-electron chi connectivity index (χ1n) is 5.75. The predicted octanol–water partition coefficient (Wildman–Crippen LogP) is 0.0325. The summed E-state index contributed by atoms with van der Waals surface area (Å²) < 4.78 is 2.66. The van der Waals surface area contributed by atoms with Gasteiger partial charge in [0.15, 0.2) is 0 Å². The molecule has 0 saturated carbocycles. The molecule has 0 radical (unpaired) electrons. The zero-order valence-corrected chi connectivity index (χ0v) is 10.2. The van der Waals surface area contributed by atoms with E-state index in [0.717, 1.165) is 5.56 Å². The zero-order valence-electron chi connectivity index (χ0n) is 10.2. The van der Waals surface area contributed by atoms with E-state index in [1.807, 2.05) is 30.3 Å². The van der Waals surface area contributed by atoms with Gasteiger partial charge in [-0.05, 0) is 5.56 Å². The van der Waals surface area contributed by atoms with Crippen molar-refractivity contribution in [2.45, 2.75) is 6.54 Å². The van der Waals surface area contributed by atoms with Gasteiger partial charge in [-0.15, -0.1) is 0 Å². The van der Waals surface area contributed by atoms with E-state index in [-0.39, 0.29) is 5.78 Å². The average Bonchev–Trinajstić information content (AvgIpc) is 2.81. The van der Waals surface area contributed by atoms with Crippen LogP contribution in [0.15, 0.2) is 41.5 Å². The molecule has 3 rings (SSSR count). The summed E-state index contributed by atoms with van der Waals surface area (Å²) in [5.41, 5.74) is -0.524. The van der Waals surface area contributed by atoms with Crippen molar-refractivity contribution in [1.82, 2.24) is 24.4 Å². The summed E-state index contributed by atoms with van der Waals surface area (Å²) in [7, 11) is 0. The summed E-state index contributed by atoms with van der Waals surface area (Å²) in [6.07, 6.45) is 1.32. The van der Waals surface area contributed by atoms with Crippen LogP contribution in [0.25, 0.3) is 5.78 Å². The molecular weight excluding hydrogens is 262 g/mol. The Morgan fingerprint density at radius 2 is 2.00 bits per heavy atom. The molecule has 8 heteroatoms. The molecule has 3 aromatic rings. The van der Waals surface area contributed by atoms with Crippen molar-refractivity contribution in [2.24, 2.45) is 0 Å². The Bertz CT molecular complexity index is 837. The van der Waals surface area contributed by atoms with Gasteiger partial charge in [0.25, 0.3) is 5.78 Å². The number of carboxylic acids is 1. The lowest BCUT2D eigenvalue weighted by molar-refractivity contribution is 0.0686. The van der Waals surface area contributed by atoms with Crippen molar-refractivity contribution in [1.29, 1.82) is 0 Å². The molecular formula is C12H9N5O3. The van der Waals surface area contributed by atoms with Gasteiger partial charge in [-0.3, -0.25) is 4.79 Å². The van der Waals surface area contributed by atoms with E-state index < -0.39 is 17.2 Å². The molecule has 100 valence electrons. The van der Waals surface area contributed by atoms with Gasteiger partial charge in [0.1, 0.15) is 6.33 Å². The van der Waals surface area contributed by atoms with Crippen LogP contribution in [0.3, 0.4) is 0 Å². The SMILES string of the molecule is O=C(O)c1nn2cnn(Cc3ccccc3)c2nc1=O. The van der Waals surface area contributed by atoms with Crippen LogP contribution in [-0.4, -0.2) is 35.5 Å². The number of hydrogen-bond acceptors (Lipinski definition) is 5. The van der Waals surface area contributed by atoms with E-state index in [2.05, 4.69) is 15.2 Å². The van der Waals surface area contributed by atoms with Gasteiger partial charge in [0, 0.05) is 0 Å². The topological polar surface area (TPSA) is 102 Å². The Kier molecular flexibility index (Phi) is 2.75. The van der Waals surface area contributed by atoms with Crippen LogP contribution in [-0.2, 0) is 6.54 Å². The quantitative estimate of drug-likeness (QED) is 0.721. The molecule has 0 aliphatic carbocycles. The van der Waals surface area contributed by atoms with Gasteiger partial charge < -0.3 is 5.11 Å². The third-order valence-corrected chi connectivity index (χ3v) is 2.73. The standard InChI is InChI=1S/C12H9N5O3/c18-10-9(11(19)20)15-17-7-13-16(12(17)14-10)6-8-4-2-1-3-5-8/h1-5,7H,6H2,(H,19,20). The first-order valence-corrected chi connectivity index (χ1v) is 5.75. The molecule has 2 heterocycles. The predicted molar refractivity (Wildman–Crippen MR) is 67.5 cm³/mol. The largest absolute Gasteiger partial charge is 0.476 e. The molecule has 8 nitrogen and oxygen atoms in total. The maximum Gasteiger partial charge on any atom is 0.362 e. The first kappa shape index (κ1) is 12.0. The molecule has 0 fully saturated rings. The summed E-state index contributed by atoms with van der Waals surface area (Å²) >= 11 is 0. The van der Waals surface area contributed by atoms with Crippen LogP contribution in [0.4, 0.5) is 0 Å². The highest BCUT2D eigenvalue weighted by atomic mass is 16.4. The molecule has 0 unspecified atom stereocenters. The number of nitrogens with zero attached hydrogens (tertiary/aromatic N) is 5. The van der Waals surface area contributed by atoms with E-state index in [4.69, 9.17) is 5.11 Å². The third kappa shape index (κ3) is 2.03. The van der Waals surface area contributed by atoms with Crippen molar-refractivity contribution in [3.63, 3.8) is 0 Å². The highest BCUT2D eigenvalue weighted by Gasteiger charge is 2.15. The highest BCUT2D eigenvalue weighted by Crippen LogP contribution is 2.04. The minimum Gasteiger partial charge on any atom is -0.476 e. The Morgan fingerprint density at radius 3 is 2.70 bits per heavy atom. The minimum absolute atomic E-state index is 0.198. The van der Waals surface area contributed by atoms with E-state index in [9.17, 15) is 9.59 Å². The average molecular weight is 271 g/mol. The smallest absolute Gasteiger partial charge is 0.362 e. The fourth-order valence-corrected chi connectivity index (χ4v) is 1.81. The summed E-state index contributed by atoms with van der Waals surface area (Å²) in [5, 5.41) is 16.6. The van der Waals surface area contributed by atoms with E-state index >= 15 is 0 Å². The van der Waals surface area contributed by atoms with E-state index in [1.54, 1.807) is 0 Å². The van der Waals surface area contributed by atoms with Crippen LogP contribution in [0.1, 0.15) is 16.1 Å². The molecule has 0 aliphatic rings. The van der Waals surface area contributed by atoms with Crippen LogP contribution in [0.2, 0.25) is 0 Å². The third-order valence-electron chi connectivity index (χ3n) is 2.73. The number of fused-ring (bicyclic) bond motifs is 1. The maximum atomic E-state index is 11.6. The van der Waals surface area contributed by atoms with Crippen molar-refractivity contribution in [3.8, 4) is 0 Å². The van der Waals surface area contributed by atoms with Crippen molar-refractivity contribution < 1.29 is 9.90 Å². The Balaban J connectivity index is 2.08. The molecule has 20 heavy (non-hydrogen) atoms. The Morgan fingerprint density at radius 1 is 1.25 bits per heavy atom. The van der Waals surface area contributed by atoms with Gasteiger partial charge in [0.2, 0.25) is 5.69 Å². The van der Waals surface area contributed by atoms with Gasteiger partial charge in [-0.25, -0.2) is 9.48 Å². The summed E-state index contributed by atoms with van der Waals surface area (Å²) in [6, 6.07) is 9.50. The second-order valence-corrected chi connectivity index (χ2v) is 4.09. The number of aromatic carboxylic acids is 1. The Labute approximate surface area is 111 Å². The van der Waals surface area contributed by atoms with E-state index in [1.165, 1.54) is 15.5 Å². The lowest BCUT2D eigenvalue weighted by Gasteiger charge is -2.02. The van der Waals surface area contributed by atoms with Crippen molar-refractivity contribution in [3.05, 3.63) is 58.3 Å². The number of carbonyl (C=O) groups is 1. The lowest BCUT2D eigenvalue weighted by atomic mass is 10.2. The molecule has 0 spiro atoms. The fourth-order valence-electron chi connectivity index (χ4n) is 1.81. The number of benzene rings is 1. The van der Waals surface area contributed by atoms with Crippen LogP contribution >= 0.6 is 0 Å². The number of carboxylic acid groups (broad SMARTS) is 1. The second kappa shape index (κ2) is 4.57. The molecule has 0 bridgehead atoms. The van der Waals surface area contributed by atoms with E-state index in [0.29, 0.717) is 6.54 Å². The molecule has 0 atom stereocenters. The molecule has 0 saturated heterocycles. The van der Waals surface area contributed by atoms with Gasteiger partial charge in [-0.1, -0.05) is 30.3 Å². The number of rotatable bonds is 3.